The van der Waals surface area contributed by atoms with Gasteiger partial charge in [0, 0.05) is 37.3 Å². The van der Waals surface area contributed by atoms with Gasteiger partial charge >= 0.3 is 0 Å². The third-order valence-electron chi connectivity index (χ3n) is 3.21. The molecule has 0 saturated carbocycles. The van der Waals surface area contributed by atoms with Crippen molar-refractivity contribution in [2.75, 3.05) is 26.8 Å². The number of halogens is 1. The van der Waals surface area contributed by atoms with Crippen LogP contribution in [0.25, 0.3) is 11.4 Å². The molecule has 0 aliphatic rings. The maximum atomic E-state index is 5.92. The summed E-state index contributed by atoms with van der Waals surface area (Å²) in [5, 5.41) is 14.8. The summed E-state index contributed by atoms with van der Waals surface area (Å²) in [4.78, 5) is 2.28. The lowest BCUT2D eigenvalue weighted by molar-refractivity contribution is 0.151. The van der Waals surface area contributed by atoms with Gasteiger partial charge in [-0.1, -0.05) is 41.9 Å². The number of tetrazole rings is 1. The summed E-state index contributed by atoms with van der Waals surface area (Å²) < 4.78 is 5.16. The molecule has 7 heteroatoms. The molecule has 0 bridgehead atoms. The molecule has 0 spiro atoms. The van der Waals surface area contributed by atoms with E-state index in [2.05, 4.69) is 37.7 Å². The Kier molecular flexibility index (Phi) is 6.51. The number of aromatic amines is 1. The number of methoxy groups -OCH3 is 1. The second kappa shape index (κ2) is 8.63. The first kappa shape index (κ1) is 16.6. The predicted octanol–water partition coefficient (Wildman–Crippen LogP) is 2.46. The van der Waals surface area contributed by atoms with E-state index in [1.807, 2.05) is 25.1 Å². The van der Waals surface area contributed by atoms with Crippen LogP contribution in [0.2, 0.25) is 0 Å². The van der Waals surface area contributed by atoms with Gasteiger partial charge in [-0.3, -0.25) is 4.90 Å². The number of aromatic nitrogens is 4. The second-order valence-corrected chi connectivity index (χ2v) is 5.55. The second-order valence-electron chi connectivity index (χ2n) is 4.95. The van der Waals surface area contributed by atoms with Crippen LogP contribution in [0.1, 0.15) is 12.5 Å². The summed E-state index contributed by atoms with van der Waals surface area (Å²) in [6.07, 6.45) is 2.00. The number of benzene rings is 1. The van der Waals surface area contributed by atoms with Crippen LogP contribution in [-0.4, -0.2) is 52.3 Å². The minimum Gasteiger partial charge on any atom is -0.383 e. The molecule has 0 amide bonds. The van der Waals surface area contributed by atoms with E-state index in [0.717, 1.165) is 30.2 Å². The molecule has 1 heterocycles. The molecule has 0 saturated heterocycles. The number of hydrogen-bond donors (Lipinski definition) is 1. The highest BCUT2D eigenvalue weighted by atomic mass is 35.5. The van der Waals surface area contributed by atoms with Crippen molar-refractivity contribution in [2.45, 2.75) is 13.5 Å². The highest BCUT2D eigenvalue weighted by Crippen LogP contribution is 2.15. The molecule has 6 nitrogen and oxygen atoms in total. The third kappa shape index (κ3) is 5.22. The number of ether oxygens (including phenoxy) is 1. The Morgan fingerprint density at radius 2 is 2.14 bits per heavy atom. The number of H-pyrrole nitrogens is 1. The Hall–Kier alpha value is -1.76. The van der Waals surface area contributed by atoms with Gasteiger partial charge in [-0.05, 0) is 17.7 Å². The topological polar surface area (TPSA) is 66.9 Å². The standard InChI is InChI=1S/C15H20ClN5O/c1-12(16)7-8-21(9-10-22-2)11-13-3-5-14(6-4-13)15-17-19-20-18-15/h3-7H,8-11H2,1-2H3,(H,17,18,19,20)/b12-7+. The average molecular weight is 322 g/mol. The zero-order valence-corrected chi connectivity index (χ0v) is 13.5. The van der Waals surface area contributed by atoms with Crippen molar-refractivity contribution in [1.82, 2.24) is 25.5 Å². The van der Waals surface area contributed by atoms with E-state index in [0.29, 0.717) is 12.4 Å². The SMILES string of the molecule is COCCN(C/C=C(\C)Cl)Cc1ccc(-c2nn[nH]n2)cc1. The van der Waals surface area contributed by atoms with Crippen molar-refractivity contribution in [3.63, 3.8) is 0 Å². The Bertz CT molecular complexity index is 578. The van der Waals surface area contributed by atoms with Gasteiger partial charge in [0.05, 0.1) is 6.61 Å². The summed E-state index contributed by atoms with van der Waals surface area (Å²) in [5.41, 5.74) is 2.15. The van der Waals surface area contributed by atoms with Gasteiger partial charge in [0.25, 0.3) is 0 Å². The summed E-state index contributed by atoms with van der Waals surface area (Å²) >= 11 is 5.92. The van der Waals surface area contributed by atoms with E-state index in [1.54, 1.807) is 7.11 Å². The van der Waals surface area contributed by atoms with Crippen LogP contribution in [0.15, 0.2) is 35.4 Å². The van der Waals surface area contributed by atoms with E-state index >= 15 is 0 Å². The third-order valence-corrected chi connectivity index (χ3v) is 3.36. The van der Waals surface area contributed by atoms with Crippen molar-refractivity contribution in [3.05, 3.63) is 40.9 Å². The first-order valence-corrected chi connectivity index (χ1v) is 7.43. The Morgan fingerprint density at radius 3 is 2.73 bits per heavy atom. The highest BCUT2D eigenvalue weighted by Gasteiger charge is 2.06. The first-order chi connectivity index (χ1) is 10.7. The summed E-state index contributed by atoms with van der Waals surface area (Å²) in [6, 6.07) is 8.14. The molecule has 118 valence electrons. The van der Waals surface area contributed by atoms with Crippen LogP contribution in [0.5, 0.6) is 0 Å². The number of nitrogens with zero attached hydrogens (tertiary/aromatic N) is 4. The monoisotopic (exact) mass is 321 g/mol. The number of rotatable bonds is 8. The molecule has 22 heavy (non-hydrogen) atoms. The molecule has 0 aliphatic carbocycles. The molecule has 1 aromatic heterocycles. The minimum atomic E-state index is 0.600. The van der Waals surface area contributed by atoms with E-state index < -0.39 is 0 Å². The van der Waals surface area contributed by atoms with Crippen LogP contribution in [-0.2, 0) is 11.3 Å². The van der Waals surface area contributed by atoms with Gasteiger partial charge in [0.2, 0.25) is 5.82 Å². The number of allylic oxidation sites excluding steroid dienone is 1. The summed E-state index contributed by atoms with van der Waals surface area (Å²) in [7, 11) is 1.71. The lowest BCUT2D eigenvalue weighted by Crippen LogP contribution is -2.27. The Morgan fingerprint density at radius 1 is 1.36 bits per heavy atom. The van der Waals surface area contributed by atoms with Crippen LogP contribution < -0.4 is 0 Å². The Labute approximate surface area is 135 Å². The van der Waals surface area contributed by atoms with Gasteiger partial charge in [-0.25, -0.2) is 0 Å². The van der Waals surface area contributed by atoms with Gasteiger partial charge in [0.15, 0.2) is 0 Å². The van der Waals surface area contributed by atoms with Crippen LogP contribution in [0.4, 0.5) is 0 Å². The fourth-order valence-corrected chi connectivity index (χ4v) is 2.08. The molecule has 0 unspecified atom stereocenters. The van der Waals surface area contributed by atoms with Crippen LogP contribution >= 0.6 is 11.6 Å². The van der Waals surface area contributed by atoms with Crippen molar-refractivity contribution in [1.29, 1.82) is 0 Å². The Balaban J connectivity index is 2.00. The maximum absolute atomic E-state index is 5.92. The molecule has 2 aromatic rings. The molecule has 0 fully saturated rings. The van der Waals surface area contributed by atoms with Crippen LogP contribution in [0.3, 0.4) is 0 Å². The van der Waals surface area contributed by atoms with E-state index in [9.17, 15) is 0 Å². The smallest absolute Gasteiger partial charge is 0.204 e. The molecular formula is C15H20ClN5O. The number of hydrogen-bond acceptors (Lipinski definition) is 5. The molecule has 1 aromatic carbocycles. The fourth-order valence-electron chi connectivity index (χ4n) is 2.01. The van der Waals surface area contributed by atoms with Crippen molar-refractivity contribution >= 4 is 11.6 Å². The van der Waals surface area contributed by atoms with Crippen molar-refractivity contribution < 1.29 is 4.74 Å². The average Bonchev–Trinajstić information content (AvgIpc) is 3.05. The van der Waals surface area contributed by atoms with Gasteiger partial charge in [0.1, 0.15) is 0 Å². The molecule has 1 N–H and O–H groups in total. The number of nitrogens with one attached hydrogen (secondary N) is 1. The fraction of sp³-hybridized carbons (Fsp3) is 0.400. The molecule has 2 rings (SSSR count). The minimum absolute atomic E-state index is 0.600. The van der Waals surface area contributed by atoms with E-state index in [-0.39, 0.29) is 0 Å². The lowest BCUT2D eigenvalue weighted by Gasteiger charge is -2.20. The van der Waals surface area contributed by atoms with Gasteiger partial charge in [-0.2, -0.15) is 5.21 Å². The molecule has 0 aliphatic heterocycles. The normalized spacial score (nSPS) is 12.1. The van der Waals surface area contributed by atoms with Crippen LogP contribution in [0, 0.1) is 0 Å². The lowest BCUT2D eigenvalue weighted by atomic mass is 10.1. The summed E-state index contributed by atoms with van der Waals surface area (Å²) in [5.74, 6) is 0.600. The largest absolute Gasteiger partial charge is 0.383 e. The quantitative estimate of drug-likeness (QED) is 0.809. The molecular weight excluding hydrogens is 302 g/mol. The zero-order valence-electron chi connectivity index (χ0n) is 12.8. The highest BCUT2D eigenvalue weighted by molar-refractivity contribution is 6.29. The molecule has 0 atom stereocenters. The summed E-state index contributed by atoms with van der Waals surface area (Å²) in [6.45, 7) is 5.05. The van der Waals surface area contributed by atoms with E-state index in [4.69, 9.17) is 16.3 Å². The zero-order chi connectivity index (χ0) is 15.8. The predicted molar refractivity (Wildman–Crippen MR) is 86.4 cm³/mol. The van der Waals surface area contributed by atoms with E-state index in [1.165, 1.54) is 5.56 Å². The van der Waals surface area contributed by atoms with Gasteiger partial charge in [-0.15, -0.1) is 10.2 Å². The van der Waals surface area contributed by atoms with Crippen molar-refractivity contribution in [2.24, 2.45) is 0 Å². The first-order valence-electron chi connectivity index (χ1n) is 7.05. The van der Waals surface area contributed by atoms with Gasteiger partial charge < -0.3 is 4.74 Å². The maximum Gasteiger partial charge on any atom is 0.204 e. The molecule has 0 radical (unpaired) electrons. The van der Waals surface area contributed by atoms with Crippen molar-refractivity contribution in [3.8, 4) is 11.4 Å².